The number of likely N-dealkylation sites (tertiary alicyclic amines) is 1. The first-order valence-corrected chi connectivity index (χ1v) is 7.20. The number of fused-ring (bicyclic) bond motifs is 1. The molecule has 3 atom stereocenters. The van der Waals surface area contributed by atoms with E-state index in [0.29, 0.717) is 6.10 Å². The Kier molecular flexibility index (Phi) is 4.66. The minimum Gasteiger partial charge on any atom is -0.377 e. The Hall–Kier alpha value is -0.0800. The molecule has 0 saturated carbocycles. The van der Waals surface area contributed by atoms with Crippen LogP contribution < -0.4 is 0 Å². The lowest BCUT2D eigenvalue weighted by molar-refractivity contribution is -0.0783. The van der Waals surface area contributed by atoms with Gasteiger partial charge in [-0.05, 0) is 44.6 Å². The van der Waals surface area contributed by atoms with Crippen molar-refractivity contribution in [1.29, 1.82) is 0 Å². The highest BCUT2D eigenvalue weighted by molar-refractivity contribution is 4.86. The number of hydrogen-bond donors (Lipinski definition) is 0. The molecule has 16 heavy (non-hydrogen) atoms. The van der Waals surface area contributed by atoms with Gasteiger partial charge in [0.05, 0.1) is 6.10 Å². The van der Waals surface area contributed by atoms with E-state index in [1.54, 1.807) is 0 Å². The molecule has 2 nitrogen and oxygen atoms in total. The minimum absolute atomic E-state index is 0.549. The second-order valence-corrected chi connectivity index (χ2v) is 5.45. The predicted molar refractivity (Wildman–Crippen MR) is 67.6 cm³/mol. The van der Waals surface area contributed by atoms with E-state index in [9.17, 15) is 0 Å². The maximum atomic E-state index is 5.94. The summed E-state index contributed by atoms with van der Waals surface area (Å²) in [6.07, 6.45) is 8.57. The van der Waals surface area contributed by atoms with Crippen LogP contribution in [0.2, 0.25) is 0 Å². The Morgan fingerprint density at radius 1 is 1.31 bits per heavy atom. The summed E-state index contributed by atoms with van der Waals surface area (Å²) in [6, 6.07) is 0.802. The van der Waals surface area contributed by atoms with E-state index in [2.05, 4.69) is 18.7 Å². The van der Waals surface area contributed by atoms with Crippen molar-refractivity contribution >= 4 is 0 Å². The molecule has 0 aromatic carbocycles. The first kappa shape index (κ1) is 12.4. The summed E-state index contributed by atoms with van der Waals surface area (Å²) < 4.78 is 5.94. The molecule has 0 aliphatic carbocycles. The molecular formula is C14H27NO. The summed E-state index contributed by atoms with van der Waals surface area (Å²) in [7, 11) is 0. The van der Waals surface area contributed by atoms with Crippen molar-refractivity contribution in [2.75, 3.05) is 19.7 Å². The van der Waals surface area contributed by atoms with Crippen LogP contribution >= 0.6 is 0 Å². The first-order chi connectivity index (χ1) is 7.85. The molecular weight excluding hydrogens is 198 g/mol. The van der Waals surface area contributed by atoms with Crippen LogP contribution in [0, 0.1) is 5.92 Å². The normalized spacial score (nSPS) is 33.4. The Bertz CT molecular complexity index is 207. The predicted octanol–water partition coefficient (Wildman–Crippen LogP) is 3.07. The summed E-state index contributed by atoms with van der Waals surface area (Å²) in [5.41, 5.74) is 0. The van der Waals surface area contributed by atoms with Crippen LogP contribution in [0.5, 0.6) is 0 Å². The van der Waals surface area contributed by atoms with E-state index in [-0.39, 0.29) is 0 Å². The monoisotopic (exact) mass is 225 g/mol. The quantitative estimate of drug-likeness (QED) is 0.729. The van der Waals surface area contributed by atoms with Crippen molar-refractivity contribution in [3.63, 3.8) is 0 Å². The molecule has 94 valence electrons. The SMILES string of the molecule is CCCC(CC)N1CCC2CCCOC2C1. The van der Waals surface area contributed by atoms with Gasteiger partial charge in [-0.1, -0.05) is 20.3 Å². The average molecular weight is 225 g/mol. The van der Waals surface area contributed by atoms with Gasteiger partial charge in [0.15, 0.2) is 0 Å². The van der Waals surface area contributed by atoms with Gasteiger partial charge in [-0.15, -0.1) is 0 Å². The molecule has 0 aromatic heterocycles. The summed E-state index contributed by atoms with van der Waals surface area (Å²) in [6.45, 7) is 8.13. The Balaban J connectivity index is 1.88. The number of ether oxygens (including phenoxy) is 1. The van der Waals surface area contributed by atoms with E-state index < -0.39 is 0 Å². The lowest BCUT2D eigenvalue weighted by Gasteiger charge is -2.44. The van der Waals surface area contributed by atoms with Gasteiger partial charge in [-0.3, -0.25) is 4.90 Å². The third-order valence-corrected chi connectivity index (χ3v) is 4.39. The molecule has 0 spiro atoms. The van der Waals surface area contributed by atoms with E-state index in [0.717, 1.165) is 18.6 Å². The van der Waals surface area contributed by atoms with Crippen molar-refractivity contribution in [3.8, 4) is 0 Å². The summed E-state index contributed by atoms with van der Waals surface area (Å²) in [5, 5.41) is 0. The largest absolute Gasteiger partial charge is 0.377 e. The third-order valence-electron chi connectivity index (χ3n) is 4.39. The Morgan fingerprint density at radius 2 is 2.19 bits per heavy atom. The lowest BCUT2D eigenvalue weighted by atomic mass is 9.86. The number of rotatable bonds is 4. The van der Waals surface area contributed by atoms with Gasteiger partial charge in [0.1, 0.15) is 0 Å². The van der Waals surface area contributed by atoms with Gasteiger partial charge in [-0.25, -0.2) is 0 Å². The highest BCUT2D eigenvalue weighted by atomic mass is 16.5. The molecule has 2 aliphatic heterocycles. The summed E-state index contributed by atoms with van der Waals surface area (Å²) in [4.78, 5) is 2.69. The number of hydrogen-bond acceptors (Lipinski definition) is 2. The molecule has 0 aromatic rings. The molecule has 0 bridgehead atoms. The van der Waals surface area contributed by atoms with Gasteiger partial charge in [0.25, 0.3) is 0 Å². The molecule has 0 N–H and O–H groups in total. The standard InChI is InChI=1S/C14H27NO/c1-3-6-13(4-2)15-9-8-12-7-5-10-16-14(12)11-15/h12-14H,3-11H2,1-2H3. The van der Waals surface area contributed by atoms with Gasteiger partial charge < -0.3 is 4.74 Å². The van der Waals surface area contributed by atoms with Crippen molar-refractivity contribution in [2.45, 2.75) is 64.5 Å². The van der Waals surface area contributed by atoms with Crippen LogP contribution in [0.15, 0.2) is 0 Å². The maximum Gasteiger partial charge on any atom is 0.0730 e. The smallest absolute Gasteiger partial charge is 0.0730 e. The van der Waals surface area contributed by atoms with Crippen LogP contribution in [0.4, 0.5) is 0 Å². The fraction of sp³-hybridized carbons (Fsp3) is 1.00. The fourth-order valence-electron chi connectivity index (χ4n) is 3.40. The zero-order valence-corrected chi connectivity index (χ0v) is 11.0. The van der Waals surface area contributed by atoms with Crippen molar-refractivity contribution in [2.24, 2.45) is 5.92 Å². The minimum atomic E-state index is 0.549. The zero-order valence-electron chi connectivity index (χ0n) is 11.0. The van der Waals surface area contributed by atoms with Gasteiger partial charge in [0, 0.05) is 19.2 Å². The zero-order chi connectivity index (χ0) is 11.4. The van der Waals surface area contributed by atoms with E-state index in [1.165, 1.54) is 51.6 Å². The fourth-order valence-corrected chi connectivity index (χ4v) is 3.40. The first-order valence-electron chi connectivity index (χ1n) is 7.20. The van der Waals surface area contributed by atoms with Gasteiger partial charge in [0.2, 0.25) is 0 Å². The molecule has 3 unspecified atom stereocenters. The van der Waals surface area contributed by atoms with E-state index in [4.69, 9.17) is 4.74 Å². The maximum absolute atomic E-state index is 5.94. The molecule has 2 aliphatic rings. The third kappa shape index (κ3) is 2.78. The van der Waals surface area contributed by atoms with Crippen molar-refractivity contribution in [3.05, 3.63) is 0 Å². The lowest BCUT2D eigenvalue weighted by Crippen LogP contribution is -2.50. The highest BCUT2D eigenvalue weighted by Gasteiger charge is 2.33. The molecule has 2 fully saturated rings. The summed E-state index contributed by atoms with van der Waals surface area (Å²) >= 11 is 0. The van der Waals surface area contributed by atoms with E-state index in [1.807, 2.05) is 0 Å². The van der Waals surface area contributed by atoms with Gasteiger partial charge in [-0.2, -0.15) is 0 Å². The second-order valence-electron chi connectivity index (χ2n) is 5.45. The topological polar surface area (TPSA) is 12.5 Å². The number of nitrogens with zero attached hydrogens (tertiary/aromatic N) is 1. The molecule has 2 heteroatoms. The van der Waals surface area contributed by atoms with Crippen LogP contribution in [0.1, 0.15) is 52.4 Å². The Morgan fingerprint density at radius 3 is 2.94 bits per heavy atom. The Labute approximate surface area is 100 Å². The van der Waals surface area contributed by atoms with Crippen molar-refractivity contribution in [1.82, 2.24) is 4.90 Å². The van der Waals surface area contributed by atoms with E-state index >= 15 is 0 Å². The molecule has 2 heterocycles. The number of piperidine rings is 1. The molecule has 0 radical (unpaired) electrons. The molecule has 2 rings (SSSR count). The summed E-state index contributed by atoms with van der Waals surface area (Å²) in [5.74, 6) is 0.865. The second kappa shape index (κ2) is 6.02. The molecule has 0 amide bonds. The van der Waals surface area contributed by atoms with Crippen LogP contribution in [-0.2, 0) is 4.74 Å². The van der Waals surface area contributed by atoms with Gasteiger partial charge >= 0.3 is 0 Å². The van der Waals surface area contributed by atoms with Crippen LogP contribution in [-0.4, -0.2) is 36.7 Å². The highest BCUT2D eigenvalue weighted by Crippen LogP contribution is 2.30. The van der Waals surface area contributed by atoms with Crippen LogP contribution in [0.25, 0.3) is 0 Å². The average Bonchev–Trinajstić information content (AvgIpc) is 2.35. The molecule has 2 saturated heterocycles. The van der Waals surface area contributed by atoms with Crippen LogP contribution in [0.3, 0.4) is 0 Å². The van der Waals surface area contributed by atoms with Crippen molar-refractivity contribution < 1.29 is 4.74 Å².